The normalized spacial score (nSPS) is 11.9. The highest BCUT2D eigenvalue weighted by molar-refractivity contribution is 7.81. The van der Waals surface area contributed by atoms with Gasteiger partial charge >= 0.3 is 11.7 Å². The molecule has 1 aromatic heterocycles. The summed E-state index contributed by atoms with van der Waals surface area (Å²) < 4.78 is 28.4. The molecule has 0 bridgehead atoms. The molecule has 0 aliphatic rings. The number of para-hydroxylation sites is 1. The summed E-state index contributed by atoms with van der Waals surface area (Å²) in [5.74, 6) is 0. The van der Waals surface area contributed by atoms with Gasteiger partial charge < -0.3 is 14.3 Å². The smallest absolute Gasteiger partial charge is 0.337 e. The van der Waals surface area contributed by atoms with Gasteiger partial charge in [0, 0.05) is 17.1 Å². The maximum atomic E-state index is 12.3. The van der Waals surface area contributed by atoms with Gasteiger partial charge in [0.15, 0.2) is 0 Å². The zero-order valence-electron chi connectivity index (χ0n) is 12.2. The van der Waals surface area contributed by atoms with E-state index in [-0.39, 0.29) is 5.69 Å². The van der Waals surface area contributed by atoms with Crippen LogP contribution in [0.4, 0.5) is 16.2 Å². The first-order valence-electron chi connectivity index (χ1n) is 6.84. The third-order valence-corrected chi connectivity index (χ3v) is 3.87. The highest BCUT2D eigenvalue weighted by Crippen LogP contribution is 2.20. The number of carbonyl (C=O) groups excluding carboxylic acids is 1. The number of benzene rings is 2. The molecule has 0 aliphatic carbocycles. The molecule has 0 saturated heterocycles. The van der Waals surface area contributed by atoms with Crippen molar-refractivity contribution in [1.29, 1.82) is 0 Å². The quantitative estimate of drug-likeness (QED) is 0.582. The monoisotopic (exact) mass is 343 g/mol. The van der Waals surface area contributed by atoms with E-state index in [1.54, 1.807) is 30.3 Å². The van der Waals surface area contributed by atoms with Crippen LogP contribution in [-0.2, 0) is 11.3 Å². The van der Waals surface area contributed by atoms with Crippen LogP contribution in [-0.4, -0.2) is 14.8 Å². The average molecular weight is 343 g/mol. The number of hydrogen-bond acceptors (Lipinski definition) is 5. The zero-order valence-corrected chi connectivity index (χ0v) is 13.0. The number of amides is 2. The van der Waals surface area contributed by atoms with Gasteiger partial charge in [-0.05, 0) is 36.4 Å². The first-order valence-corrected chi connectivity index (χ1v) is 7.87. The van der Waals surface area contributed by atoms with Crippen LogP contribution < -0.4 is 15.2 Å². The second-order valence-corrected chi connectivity index (χ2v) is 5.58. The highest BCUT2D eigenvalue weighted by atomic mass is 32.2. The minimum absolute atomic E-state index is 0.218. The van der Waals surface area contributed by atoms with Gasteiger partial charge in [-0.3, -0.25) is 4.21 Å². The number of urea groups is 1. The molecule has 3 rings (SSSR count). The van der Waals surface area contributed by atoms with Gasteiger partial charge in [0.05, 0.1) is 17.0 Å². The first-order chi connectivity index (χ1) is 11.5. The van der Waals surface area contributed by atoms with Crippen molar-refractivity contribution in [3.8, 4) is 0 Å². The fourth-order valence-corrected chi connectivity index (χ4v) is 2.63. The number of carbonyl (C=O) groups is 1. The third kappa shape index (κ3) is 3.34. The van der Waals surface area contributed by atoms with Crippen LogP contribution >= 0.6 is 0 Å². The summed E-state index contributed by atoms with van der Waals surface area (Å²) >= 11 is -2.78. The first kappa shape index (κ1) is 15.9. The second kappa shape index (κ2) is 6.65. The SMILES string of the molecule is O=C(Nc1ccc2oc(=O)ccc2c1)N(c1ccccc1)S(=O)[O-]. The Morgan fingerprint density at radius 2 is 1.83 bits per heavy atom. The molecule has 2 amide bonds. The van der Waals surface area contributed by atoms with E-state index in [1.165, 1.54) is 30.3 Å². The van der Waals surface area contributed by atoms with E-state index in [0.717, 1.165) is 0 Å². The lowest BCUT2D eigenvalue weighted by atomic mass is 10.2. The maximum absolute atomic E-state index is 12.3. The highest BCUT2D eigenvalue weighted by Gasteiger charge is 2.17. The van der Waals surface area contributed by atoms with Gasteiger partial charge in [0.2, 0.25) is 0 Å². The van der Waals surface area contributed by atoms with Gasteiger partial charge in [0.1, 0.15) is 5.58 Å². The van der Waals surface area contributed by atoms with Crippen LogP contribution in [0.3, 0.4) is 0 Å². The lowest BCUT2D eigenvalue weighted by Crippen LogP contribution is -2.36. The van der Waals surface area contributed by atoms with Crippen molar-refractivity contribution < 1.29 is 18.0 Å². The van der Waals surface area contributed by atoms with E-state index in [0.29, 0.717) is 21.0 Å². The van der Waals surface area contributed by atoms with Gasteiger partial charge in [-0.1, -0.05) is 18.2 Å². The number of fused-ring (bicyclic) bond motifs is 1. The van der Waals surface area contributed by atoms with E-state index in [2.05, 4.69) is 5.32 Å². The molecule has 0 fully saturated rings. The predicted molar refractivity (Wildman–Crippen MR) is 89.3 cm³/mol. The van der Waals surface area contributed by atoms with E-state index in [9.17, 15) is 18.4 Å². The Kier molecular flexibility index (Phi) is 4.41. The zero-order chi connectivity index (χ0) is 17.1. The number of nitrogens with one attached hydrogen (secondary N) is 1. The number of anilines is 2. The van der Waals surface area contributed by atoms with Crippen LogP contribution in [0, 0.1) is 0 Å². The Morgan fingerprint density at radius 1 is 1.08 bits per heavy atom. The van der Waals surface area contributed by atoms with Crippen molar-refractivity contribution in [1.82, 2.24) is 0 Å². The second-order valence-electron chi connectivity index (χ2n) is 4.78. The number of rotatable bonds is 3. The molecule has 1 N–H and O–H groups in total. The van der Waals surface area contributed by atoms with Crippen molar-refractivity contribution in [2.24, 2.45) is 0 Å². The molecule has 1 heterocycles. The standard InChI is InChI=1S/C16H12N2O5S/c19-15-9-6-11-10-12(7-8-14(11)23-15)17-16(20)18(24(21)22)13-4-2-1-3-5-13/h1-10H,(H,17,20)(H,21,22)/p-1. The molecule has 7 nitrogen and oxygen atoms in total. The Labute approximate surface area is 138 Å². The van der Waals surface area contributed by atoms with Crippen LogP contribution in [0.1, 0.15) is 0 Å². The lowest BCUT2D eigenvalue weighted by Gasteiger charge is -2.24. The fraction of sp³-hybridized carbons (Fsp3) is 0. The Bertz CT molecular complexity index is 971. The van der Waals surface area contributed by atoms with E-state index < -0.39 is 22.9 Å². The van der Waals surface area contributed by atoms with Crippen LogP contribution in [0.5, 0.6) is 0 Å². The molecule has 24 heavy (non-hydrogen) atoms. The van der Waals surface area contributed by atoms with Crippen molar-refractivity contribution in [3.63, 3.8) is 0 Å². The Hall–Kier alpha value is -2.97. The van der Waals surface area contributed by atoms with Gasteiger partial charge in [-0.2, -0.15) is 0 Å². The third-order valence-electron chi connectivity index (χ3n) is 3.19. The largest absolute Gasteiger partial charge is 0.755 e. The topological polar surface area (TPSA) is 103 Å². The Morgan fingerprint density at radius 3 is 2.54 bits per heavy atom. The lowest BCUT2D eigenvalue weighted by molar-refractivity contribution is 0.259. The predicted octanol–water partition coefficient (Wildman–Crippen LogP) is 2.63. The molecule has 0 saturated carbocycles. The average Bonchev–Trinajstić information content (AvgIpc) is 2.56. The minimum Gasteiger partial charge on any atom is -0.755 e. The summed E-state index contributed by atoms with van der Waals surface area (Å²) in [6.07, 6.45) is 0. The molecule has 1 unspecified atom stereocenters. The fourth-order valence-electron chi connectivity index (χ4n) is 2.16. The molecule has 8 heteroatoms. The molecule has 3 aromatic rings. The molecule has 122 valence electrons. The van der Waals surface area contributed by atoms with Crippen molar-refractivity contribution in [2.45, 2.75) is 0 Å². The molecule has 2 aromatic carbocycles. The van der Waals surface area contributed by atoms with Crippen molar-refractivity contribution in [3.05, 3.63) is 71.1 Å². The van der Waals surface area contributed by atoms with Gasteiger partial charge in [-0.25, -0.2) is 13.9 Å². The molecule has 1 atom stereocenters. The summed E-state index contributed by atoms with van der Waals surface area (Å²) in [6, 6.07) is 14.6. The summed E-state index contributed by atoms with van der Waals surface area (Å²) in [4.78, 5) is 23.4. The van der Waals surface area contributed by atoms with Gasteiger partial charge in [-0.15, -0.1) is 0 Å². The minimum atomic E-state index is -2.78. The summed E-state index contributed by atoms with van der Waals surface area (Å²) in [5, 5.41) is 3.10. The molecular weight excluding hydrogens is 332 g/mol. The molecule has 0 aliphatic heterocycles. The van der Waals surface area contributed by atoms with E-state index in [1.807, 2.05) is 0 Å². The molecule has 0 radical (unpaired) electrons. The van der Waals surface area contributed by atoms with Gasteiger partial charge in [0.25, 0.3) is 0 Å². The van der Waals surface area contributed by atoms with Crippen LogP contribution in [0.25, 0.3) is 11.0 Å². The summed E-state index contributed by atoms with van der Waals surface area (Å²) in [5.41, 5.74) is 0.479. The maximum Gasteiger partial charge on any atom is 0.337 e. The van der Waals surface area contributed by atoms with Crippen molar-refractivity contribution >= 4 is 39.6 Å². The Balaban J connectivity index is 1.89. The summed E-state index contributed by atoms with van der Waals surface area (Å²) in [6.45, 7) is 0. The number of nitrogens with zero attached hydrogens (tertiary/aromatic N) is 1. The number of hydrogen-bond donors (Lipinski definition) is 1. The molecular formula is C16H11N2O5S-. The van der Waals surface area contributed by atoms with E-state index >= 15 is 0 Å². The van der Waals surface area contributed by atoms with Crippen LogP contribution in [0.15, 0.2) is 69.9 Å². The molecule has 0 spiro atoms. The van der Waals surface area contributed by atoms with Crippen LogP contribution in [0.2, 0.25) is 0 Å². The van der Waals surface area contributed by atoms with Crippen molar-refractivity contribution in [2.75, 3.05) is 9.62 Å². The van der Waals surface area contributed by atoms with E-state index in [4.69, 9.17) is 4.42 Å². The summed E-state index contributed by atoms with van der Waals surface area (Å²) in [7, 11) is 0.